The van der Waals surface area contributed by atoms with Crippen molar-refractivity contribution < 1.29 is 22.0 Å². The van der Waals surface area contributed by atoms with E-state index in [4.69, 9.17) is 9.15 Å². The minimum absolute atomic E-state index is 0.0379. The van der Waals surface area contributed by atoms with Gasteiger partial charge in [-0.15, -0.1) is 0 Å². The molecule has 188 valence electrons. The molecule has 4 rings (SSSR count). The number of oxazole rings is 1. The number of unbranched alkanes of at least 4 members (excludes halogenated alkanes) is 1. The third kappa shape index (κ3) is 7.91. The summed E-state index contributed by atoms with van der Waals surface area (Å²) in [5.74, 6) is 1.47. The largest absolute Gasteiger partial charge is 0.487 e. The highest BCUT2D eigenvalue weighted by molar-refractivity contribution is 7.89. The van der Waals surface area contributed by atoms with Crippen LogP contribution in [0.25, 0.3) is 12.2 Å². The van der Waals surface area contributed by atoms with Gasteiger partial charge >= 0.3 is 0 Å². The monoisotopic (exact) mass is 509 g/mol. The number of imidazole rings is 1. The van der Waals surface area contributed by atoms with Gasteiger partial charge in [0.25, 0.3) is 0 Å². The minimum Gasteiger partial charge on any atom is -0.487 e. The van der Waals surface area contributed by atoms with Gasteiger partial charge in [-0.1, -0.05) is 24.3 Å². The van der Waals surface area contributed by atoms with E-state index in [0.29, 0.717) is 17.4 Å². The van der Waals surface area contributed by atoms with Crippen LogP contribution in [-0.2, 0) is 35.2 Å². The molecule has 0 spiro atoms. The van der Waals surface area contributed by atoms with Crippen molar-refractivity contribution in [3.63, 3.8) is 0 Å². The number of halogens is 1. The average Bonchev–Trinajstić information content (AvgIpc) is 3.49. The quantitative estimate of drug-likeness (QED) is 0.240. The molecule has 2 aromatic heterocycles. The molecule has 7 nitrogen and oxygen atoms in total. The normalized spacial score (nSPS) is 11.8. The van der Waals surface area contributed by atoms with Crippen molar-refractivity contribution in [3.8, 4) is 5.75 Å². The van der Waals surface area contributed by atoms with Crippen molar-refractivity contribution in [1.82, 2.24) is 14.5 Å². The number of nitrogens with zero attached hydrogens (tertiary/aromatic N) is 3. The van der Waals surface area contributed by atoms with Crippen molar-refractivity contribution in [2.24, 2.45) is 0 Å². The first-order valence-electron chi connectivity index (χ1n) is 11.6. The van der Waals surface area contributed by atoms with E-state index in [9.17, 15) is 12.8 Å². The molecule has 0 aliphatic carbocycles. The molecule has 0 radical (unpaired) electrons. The third-order valence-electron chi connectivity index (χ3n) is 5.48. The van der Waals surface area contributed by atoms with Crippen LogP contribution in [0.4, 0.5) is 4.39 Å². The van der Waals surface area contributed by atoms with E-state index in [2.05, 4.69) is 9.97 Å². The van der Waals surface area contributed by atoms with Gasteiger partial charge in [0.2, 0.25) is 5.89 Å². The summed E-state index contributed by atoms with van der Waals surface area (Å²) in [5, 5.41) is 0. The molecule has 4 aromatic rings. The number of ether oxygens (including phenoxy) is 1. The molecule has 0 N–H and O–H groups in total. The molecule has 0 unspecified atom stereocenters. The fourth-order valence-corrected chi connectivity index (χ4v) is 4.36. The summed E-state index contributed by atoms with van der Waals surface area (Å²) in [7, 11) is -3.10. The fourth-order valence-electron chi connectivity index (χ4n) is 3.65. The molecule has 0 amide bonds. The molecule has 36 heavy (non-hydrogen) atoms. The van der Waals surface area contributed by atoms with E-state index in [1.54, 1.807) is 36.7 Å². The highest BCUT2D eigenvalue weighted by Gasteiger charge is 2.10. The summed E-state index contributed by atoms with van der Waals surface area (Å²) in [5.41, 5.74) is 2.73. The topological polar surface area (TPSA) is 87.2 Å². The number of rotatable bonds is 12. The Bertz CT molecular complexity index is 1390. The molecule has 0 saturated heterocycles. The number of aryl methyl sites for hydroxylation is 2. The van der Waals surface area contributed by atoms with Crippen LogP contribution in [0.1, 0.15) is 41.4 Å². The lowest BCUT2D eigenvalue weighted by Gasteiger charge is -2.08. The molecule has 0 bridgehead atoms. The number of hydrogen-bond donors (Lipinski definition) is 0. The van der Waals surface area contributed by atoms with Gasteiger partial charge in [0.05, 0.1) is 0 Å². The number of benzene rings is 2. The predicted molar refractivity (Wildman–Crippen MR) is 136 cm³/mol. The zero-order valence-electron chi connectivity index (χ0n) is 20.0. The van der Waals surface area contributed by atoms with Gasteiger partial charge in [-0.05, 0) is 60.7 Å². The van der Waals surface area contributed by atoms with Crippen LogP contribution in [0.2, 0.25) is 0 Å². The molecule has 0 aliphatic heterocycles. The molecule has 0 atom stereocenters. The van der Waals surface area contributed by atoms with Crippen LogP contribution in [-0.4, -0.2) is 29.2 Å². The van der Waals surface area contributed by atoms with Gasteiger partial charge in [-0.3, -0.25) is 0 Å². The van der Waals surface area contributed by atoms with Crippen LogP contribution in [0.3, 0.4) is 0 Å². The minimum atomic E-state index is -3.10. The van der Waals surface area contributed by atoms with Crippen LogP contribution < -0.4 is 4.74 Å². The Morgan fingerprint density at radius 3 is 2.58 bits per heavy atom. The Balaban J connectivity index is 1.19. The van der Waals surface area contributed by atoms with Gasteiger partial charge in [-0.25, -0.2) is 22.8 Å². The third-order valence-corrected chi connectivity index (χ3v) is 6.26. The lowest BCUT2D eigenvalue weighted by atomic mass is 10.1. The van der Waals surface area contributed by atoms with Crippen molar-refractivity contribution in [3.05, 3.63) is 102 Å². The molecular formula is C27H28FN3O4S. The Hall–Kier alpha value is -3.72. The zero-order chi connectivity index (χ0) is 25.4. The molecule has 2 heterocycles. The number of hydrogen-bond acceptors (Lipinski definition) is 6. The highest BCUT2D eigenvalue weighted by atomic mass is 32.2. The van der Waals surface area contributed by atoms with Gasteiger partial charge in [0, 0.05) is 31.3 Å². The molecule has 2 aromatic carbocycles. The van der Waals surface area contributed by atoms with Crippen LogP contribution in [0.5, 0.6) is 5.75 Å². The summed E-state index contributed by atoms with van der Waals surface area (Å²) in [6.07, 6.45) is 12.6. The summed E-state index contributed by atoms with van der Waals surface area (Å²) in [4.78, 5) is 8.54. The van der Waals surface area contributed by atoms with Crippen molar-refractivity contribution in [2.45, 2.75) is 38.2 Å². The van der Waals surface area contributed by atoms with Crippen LogP contribution in [0.15, 0.2) is 71.6 Å². The smallest absolute Gasteiger partial charge is 0.218 e. The Morgan fingerprint density at radius 1 is 1.06 bits per heavy atom. The second kappa shape index (κ2) is 11.8. The number of sulfone groups is 1. The molecule has 0 saturated carbocycles. The highest BCUT2D eigenvalue weighted by Crippen LogP contribution is 2.17. The summed E-state index contributed by atoms with van der Waals surface area (Å²) < 4.78 is 49.2. The first-order chi connectivity index (χ1) is 17.3. The molecule has 9 heteroatoms. The number of aromatic nitrogens is 3. The molecule has 0 fully saturated rings. The fraction of sp³-hybridized carbons (Fsp3) is 0.259. The maximum Gasteiger partial charge on any atom is 0.218 e. The Labute approximate surface area is 210 Å². The average molecular weight is 510 g/mol. The maximum absolute atomic E-state index is 13.0. The van der Waals surface area contributed by atoms with Gasteiger partial charge in [-0.2, -0.15) is 0 Å². The van der Waals surface area contributed by atoms with Crippen molar-refractivity contribution in [1.29, 1.82) is 0 Å². The first-order valence-corrected chi connectivity index (χ1v) is 13.7. The standard InChI is InChI=1S/C27H28FN3O4S/c1-36(32,33)20-26-29-15-17-31(26)16-3-2-4-21-7-12-25(13-8-21)34-18-24-19-35-27(30-24)14-9-22-5-10-23(28)11-6-22/h5-15,17,19H,2-4,16,18,20H2,1H3/b14-9+. The second-order valence-corrected chi connectivity index (χ2v) is 10.7. The van der Waals surface area contributed by atoms with Gasteiger partial charge < -0.3 is 13.7 Å². The van der Waals surface area contributed by atoms with Gasteiger partial charge in [0.15, 0.2) is 9.84 Å². The Morgan fingerprint density at radius 2 is 1.83 bits per heavy atom. The van der Waals surface area contributed by atoms with Gasteiger partial charge in [0.1, 0.15) is 41.7 Å². The zero-order valence-corrected chi connectivity index (χ0v) is 20.8. The second-order valence-electron chi connectivity index (χ2n) is 8.56. The predicted octanol–water partition coefficient (Wildman–Crippen LogP) is 5.33. The lowest BCUT2D eigenvalue weighted by Crippen LogP contribution is -2.09. The summed E-state index contributed by atoms with van der Waals surface area (Å²) in [6.45, 7) is 1.03. The van der Waals surface area contributed by atoms with E-state index in [1.807, 2.05) is 35.0 Å². The molecular weight excluding hydrogens is 481 g/mol. The van der Waals surface area contributed by atoms with E-state index >= 15 is 0 Å². The first kappa shape index (κ1) is 25.4. The molecule has 0 aliphatic rings. The van der Waals surface area contributed by atoms with E-state index in [1.165, 1.54) is 24.0 Å². The van der Waals surface area contributed by atoms with Crippen molar-refractivity contribution in [2.75, 3.05) is 6.26 Å². The Kier molecular flexibility index (Phi) is 8.32. The van der Waals surface area contributed by atoms with Crippen LogP contribution >= 0.6 is 0 Å². The van der Waals surface area contributed by atoms with E-state index < -0.39 is 9.84 Å². The summed E-state index contributed by atoms with van der Waals surface area (Å²) >= 11 is 0. The van der Waals surface area contributed by atoms with Crippen LogP contribution in [0, 0.1) is 5.82 Å². The maximum atomic E-state index is 13.0. The van der Waals surface area contributed by atoms with E-state index in [0.717, 1.165) is 37.1 Å². The SMILES string of the molecule is CS(=O)(=O)Cc1nccn1CCCCc1ccc(OCc2coc(/C=C/c3ccc(F)cc3)n2)cc1. The van der Waals surface area contributed by atoms with Crippen molar-refractivity contribution >= 4 is 22.0 Å². The van der Waals surface area contributed by atoms with E-state index in [-0.39, 0.29) is 18.2 Å². The lowest BCUT2D eigenvalue weighted by molar-refractivity contribution is 0.301. The summed E-state index contributed by atoms with van der Waals surface area (Å²) in [6, 6.07) is 14.1.